The summed E-state index contributed by atoms with van der Waals surface area (Å²) in [5, 5.41) is 5.89. The second kappa shape index (κ2) is 11.5. The van der Waals surface area contributed by atoms with E-state index in [0.29, 0.717) is 34.1 Å². The van der Waals surface area contributed by atoms with Crippen LogP contribution < -0.4 is 14.2 Å². The van der Waals surface area contributed by atoms with Gasteiger partial charge in [0.15, 0.2) is 11.5 Å². The van der Waals surface area contributed by atoms with Crippen LogP contribution in [0, 0.1) is 5.82 Å². The maximum atomic E-state index is 14.7. The molecule has 0 spiro atoms. The third-order valence-corrected chi connectivity index (χ3v) is 6.65. The lowest BCUT2D eigenvalue weighted by Gasteiger charge is -2.27. The fourth-order valence-electron chi connectivity index (χ4n) is 4.58. The van der Waals surface area contributed by atoms with Crippen molar-refractivity contribution in [2.24, 2.45) is 5.10 Å². The van der Waals surface area contributed by atoms with Crippen LogP contribution in [-0.2, 0) is 9.53 Å². The molecule has 1 atom stereocenters. The minimum Gasteiger partial charge on any atom is -0.497 e. The van der Waals surface area contributed by atoms with Gasteiger partial charge >= 0.3 is 0 Å². The Morgan fingerprint density at radius 1 is 1.05 bits per heavy atom. The molecule has 0 saturated heterocycles. The fourth-order valence-corrected chi connectivity index (χ4v) is 4.58. The molecule has 0 aromatic heterocycles. The molecule has 0 N–H and O–H groups in total. The number of fused-ring (bicyclic) bond motifs is 1. The molecular formula is C29H28FN3O6. The SMILES string of the molecule is COCCN(CC(=O)N1N=C(c2ccccc2F)C[C@@H]1c1ccc2c(c1)OCO2)C(=O)c1ccc(OC)cc1. The Bertz CT molecular complexity index is 1390. The van der Waals surface area contributed by atoms with E-state index in [1.54, 1.807) is 61.7 Å². The summed E-state index contributed by atoms with van der Waals surface area (Å²) in [5.41, 5.74) is 1.93. The van der Waals surface area contributed by atoms with Gasteiger partial charge in [-0.2, -0.15) is 5.10 Å². The van der Waals surface area contributed by atoms with Crippen molar-refractivity contribution in [2.45, 2.75) is 12.5 Å². The lowest BCUT2D eigenvalue weighted by atomic mass is 9.97. The van der Waals surface area contributed by atoms with E-state index in [-0.39, 0.29) is 38.8 Å². The Kier molecular flexibility index (Phi) is 7.74. The molecule has 3 aromatic rings. The maximum Gasteiger partial charge on any atom is 0.262 e. The fraction of sp³-hybridized carbons (Fsp3) is 0.276. The normalized spacial score (nSPS) is 15.7. The molecule has 3 aromatic carbocycles. The van der Waals surface area contributed by atoms with Gasteiger partial charge in [-0.15, -0.1) is 0 Å². The number of hydrogen-bond donors (Lipinski definition) is 0. The second-order valence-electron chi connectivity index (χ2n) is 9.05. The van der Waals surface area contributed by atoms with E-state index in [9.17, 15) is 14.0 Å². The summed E-state index contributed by atoms with van der Waals surface area (Å²) in [7, 11) is 3.07. The van der Waals surface area contributed by atoms with Crippen molar-refractivity contribution in [1.82, 2.24) is 9.91 Å². The monoisotopic (exact) mass is 533 g/mol. The first kappa shape index (κ1) is 26.2. The van der Waals surface area contributed by atoms with Gasteiger partial charge in [0.25, 0.3) is 11.8 Å². The van der Waals surface area contributed by atoms with Gasteiger partial charge in [-0.25, -0.2) is 9.40 Å². The molecule has 2 amide bonds. The lowest BCUT2D eigenvalue weighted by Crippen LogP contribution is -2.42. The number of hydrogen-bond acceptors (Lipinski definition) is 7. The first-order valence-corrected chi connectivity index (χ1v) is 12.4. The van der Waals surface area contributed by atoms with Gasteiger partial charge in [-0.1, -0.05) is 24.3 Å². The van der Waals surface area contributed by atoms with Crippen molar-refractivity contribution in [3.8, 4) is 17.2 Å². The third kappa shape index (κ3) is 5.56. The minimum absolute atomic E-state index is 0.116. The van der Waals surface area contributed by atoms with Crippen LogP contribution in [-0.4, -0.2) is 68.1 Å². The van der Waals surface area contributed by atoms with Gasteiger partial charge in [0.1, 0.15) is 18.1 Å². The number of benzene rings is 3. The van der Waals surface area contributed by atoms with Gasteiger partial charge < -0.3 is 23.8 Å². The van der Waals surface area contributed by atoms with E-state index in [1.807, 2.05) is 6.07 Å². The summed E-state index contributed by atoms with van der Waals surface area (Å²) < 4.78 is 36.0. The summed E-state index contributed by atoms with van der Waals surface area (Å²) in [5.74, 6) is 0.620. The van der Waals surface area contributed by atoms with Crippen molar-refractivity contribution in [3.05, 3.63) is 89.2 Å². The number of rotatable bonds is 9. The van der Waals surface area contributed by atoms with Crippen molar-refractivity contribution in [3.63, 3.8) is 0 Å². The summed E-state index contributed by atoms with van der Waals surface area (Å²) >= 11 is 0. The Morgan fingerprint density at radius 2 is 1.82 bits per heavy atom. The Balaban J connectivity index is 1.44. The van der Waals surface area contributed by atoms with Crippen LogP contribution >= 0.6 is 0 Å². The van der Waals surface area contributed by atoms with Crippen LogP contribution in [0.5, 0.6) is 17.2 Å². The number of amides is 2. The number of carbonyl (C=O) groups excluding carboxylic acids is 2. The van der Waals surface area contributed by atoms with Crippen LogP contribution in [0.4, 0.5) is 4.39 Å². The summed E-state index contributed by atoms with van der Waals surface area (Å²) in [6.45, 7) is 0.304. The minimum atomic E-state index is -0.526. The van der Waals surface area contributed by atoms with Crippen LogP contribution in [0.3, 0.4) is 0 Å². The summed E-state index contributed by atoms with van der Waals surface area (Å²) in [6.07, 6.45) is 0.289. The molecule has 2 aliphatic heterocycles. The van der Waals surface area contributed by atoms with E-state index in [1.165, 1.54) is 23.1 Å². The Hall–Kier alpha value is -4.44. The highest BCUT2D eigenvalue weighted by Gasteiger charge is 2.36. The molecule has 39 heavy (non-hydrogen) atoms. The Morgan fingerprint density at radius 3 is 2.56 bits per heavy atom. The molecule has 0 unspecified atom stereocenters. The predicted octanol–water partition coefficient (Wildman–Crippen LogP) is 4.03. The van der Waals surface area contributed by atoms with Gasteiger partial charge in [0.2, 0.25) is 6.79 Å². The quantitative estimate of drug-likeness (QED) is 0.413. The largest absolute Gasteiger partial charge is 0.497 e. The molecule has 0 saturated carbocycles. The van der Waals surface area contributed by atoms with Crippen molar-refractivity contribution in [2.75, 3.05) is 40.7 Å². The molecule has 2 heterocycles. The molecule has 0 fully saturated rings. The zero-order chi connectivity index (χ0) is 27.4. The van der Waals surface area contributed by atoms with E-state index >= 15 is 0 Å². The number of hydrazone groups is 1. The molecule has 0 radical (unpaired) electrons. The molecule has 0 aliphatic carbocycles. The molecule has 10 heteroatoms. The molecule has 202 valence electrons. The predicted molar refractivity (Wildman–Crippen MR) is 140 cm³/mol. The highest BCUT2D eigenvalue weighted by molar-refractivity contribution is 6.04. The first-order chi connectivity index (χ1) is 19.0. The molecular weight excluding hydrogens is 505 g/mol. The number of halogens is 1. The smallest absolute Gasteiger partial charge is 0.262 e. The van der Waals surface area contributed by atoms with Crippen LogP contribution in [0.1, 0.15) is 33.9 Å². The highest BCUT2D eigenvalue weighted by Crippen LogP contribution is 2.39. The summed E-state index contributed by atoms with van der Waals surface area (Å²) in [4.78, 5) is 28.5. The van der Waals surface area contributed by atoms with Crippen molar-refractivity contribution in [1.29, 1.82) is 0 Å². The van der Waals surface area contributed by atoms with Crippen molar-refractivity contribution >= 4 is 17.5 Å². The zero-order valence-electron chi connectivity index (χ0n) is 21.6. The average molecular weight is 534 g/mol. The van der Waals surface area contributed by atoms with E-state index in [4.69, 9.17) is 18.9 Å². The highest BCUT2D eigenvalue weighted by atomic mass is 19.1. The van der Waals surface area contributed by atoms with Crippen LogP contribution in [0.25, 0.3) is 0 Å². The maximum absolute atomic E-state index is 14.7. The van der Waals surface area contributed by atoms with E-state index < -0.39 is 17.8 Å². The number of methoxy groups -OCH3 is 2. The van der Waals surface area contributed by atoms with Gasteiger partial charge in [-0.3, -0.25) is 9.59 Å². The average Bonchev–Trinajstić information content (AvgIpc) is 3.62. The van der Waals surface area contributed by atoms with Crippen LogP contribution in [0.15, 0.2) is 71.8 Å². The first-order valence-electron chi connectivity index (χ1n) is 12.4. The number of ether oxygens (including phenoxy) is 4. The van der Waals surface area contributed by atoms with Gasteiger partial charge in [0.05, 0.1) is 25.5 Å². The topological polar surface area (TPSA) is 89.9 Å². The number of carbonyl (C=O) groups is 2. The standard InChI is InChI=1S/C29H28FN3O6/c1-36-14-13-32(29(35)19-7-10-21(37-2)11-8-19)17-28(34)33-25(20-9-12-26-27(15-20)39-18-38-26)16-24(31-33)22-5-3-4-6-23(22)30/h3-12,15,25H,13-14,16-18H2,1-2H3/t25-/m1/s1. The van der Waals surface area contributed by atoms with Gasteiger partial charge in [-0.05, 0) is 48.0 Å². The molecule has 2 aliphatic rings. The summed E-state index contributed by atoms with van der Waals surface area (Å²) in [6, 6.07) is 17.9. The van der Waals surface area contributed by atoms with Crippen molar-refractivity contribution < 1.29 is 32.9 Å². The Labute approximate surface area is 225 Å². The third-order valence-electron chi connectivity index (χ3n) is 6.65. The van der Waals surface area contributed by atoms with E-state index in [2.05, 4.69) is 5.10 Å². The lowest BCUT2D eigenvalue weighted by molar-refractivity contribution is -0.133. The van der Waals surface area contributed by atoms with Gasteiger partial charge in [0, 0.05) is 31.2 Å². The number of nitrogens with zero attached hydrogens (tertiary/aromatic N) is 3. The molecule has 5 rings (SSSR count). The zero-order valence-corrected chi connectivity index (χ0v) is 21.6. The molecule has 9 nitrogen and oxygen atoms in total. The second-order valence-corrected chi connectivity index (χ2v) is 9.05. The van der Waals surface area contributed by atoms with Crippen LogP contribution in [0.2, 0.25) is 0 Å². The van der Waals surface area contributed by atoms with E-state index in [0.717, 1.165) is 5.56 Å². The molecule has 0 bridgehead atoms.